The van der Waals surface area contributed by atoms with Gasteiger partial charge in [0.2, 0.25) is 11.8 Å². The largest absolute Gasteiger partial charge is 0.496 e. The lowest BCUT2D eigenvalue weighted by Gasteiger charge is -2.25. The Bertz CT molecular complexity index is 719. The van der Waals surface area contributed by atoms with Crippen LogP contribution in [0.5, 0.6) is 5.75 Å². The summed E-state index contributed by atoms with van der Waals surface area (Å²) < 4.78 is 5.33. The second-order valence-corrected chi connectivity index (χ2v) is 6.83. The standard InChI is InChI=1S/C19H25N3O4/c1-13-4-6-16(26-2)14(12-13)18(24)21-8-3-9-22(11-10-21)19(25)15-5-7-17(23)20-15/h4,6,12,15H,3,5,7-11H2,1-2H3,(H,20,23). The summed E-state index contributed by atoms with van der Waals surface area (Å²) in [6.45, 7) is 4.08. The fraction of sp³-hybridized carbons (Fsp3) is 0.526. The van der Waals surface area contributed by atoms with E-state index in [-0.39, 0.29) is 17.7 Å². The Morgan fingerprint density at radius 1 is 1.15 bits per heavy atom. The Morgan fingerprint density at radius 2 is 1.88 bits per heavy atom. The zero-order chi connectivity index (χ0) is 18.7. The molecule has 26 heavy (non-hydrogen) atoms. The van der Waals surface area contributed by atoms with Crippen LogP contribution in [0.15, 0.2) is 18.2 Å². The first-order valence-corrected chi connectivity index (χ1v) is 9.01. The second kappa shape index (κ2) is 7.76. The number of hydrogen-bond acceptors (Lipinski definition) is 4. The molecule has 0 aromatic heterocycles. The Labute approximate surface area is 153 Å². The van der Waals surface area contributed by atoms with E-state index in [9.17, 15) is 14.4 Å². The molecule has 1 unspecified atom stereocenters. The predicted molar refractivity (Wildman–Crippen MR) is 96.0 cm³/mol. The Hall–Kier alpha value is -2.57. The quantitative estimate of drug-likeness (QED) is 0.872. The van der Waals surface area contributed by atoms with Crippen LogP contribution in [0.25, 0.3) is 0 Å². The first-order valence-electron chi connectivity index (χ1n) is 9.01. The molecule has 0 saturated carbocycles. The van der Waals surface area contributed by atoms with Crippen molar-refractivity contribution in [3.63, 3.8) is 0 Å². The average Bonchev–Trinajstić information content (AvgIpc) is 2.92. The van der Waals surface area contributed by atoms with Gasteiger partial charge in [0.05, 0.1) is 12.7 Å². The van der Waals surface area contributed by atoms with Crippen LogP contribution in [0.1, 0.15) is 35.2 Å². The topological polar surface area (TPSA) is 79.0 Å². The van der Waals surface area contributed by atoms with Crippen LogP contribution in [0.2, 0.25) is 0 Å². The number of carbonyl (C=O) groups excluding carboxylic acids is 3. The van der Waals surface area contributed by atoms with E-state index in [0.717, 1.165) is 5.56 Å². The maximum Gasteiger partial charge on any atom is 0.257 e. The molecule has 0 aliphatic carbocycles. The van der Waals surface area contributed by atoms with E-state index in [0.29, 0.717) is 56.8 Å². The first-order chi connectivity index (χ1) is 12.5. The average molecular weight is 359 g/mol. The van der Waals surface area contributed by atoms with Gasteiger partial charge in [0, 0.05) is 32.6 Å². The SMILES string of the molecule is COc1ccc(C)cc1C(=O)N1CCCN(C(=O)C2CCC(=O)N2)CC1. The molecule has 0 radical (unpaired) electrons. The highest BCUT2D eigenvalue weighted by Gasteiger charge is 2.32. The fourth-order valence-corrected chi connectivity index (χ4v) is 3.52. The summed E-state index contributed by atoms with van der Waals surface area (Å²) in [5.41, 5.74) is 1.55. The summed E-state index contributed by atoms with van der Waals surface area (Å²) in [5, 5.41) is 2.73. The number of methoxy groups -OCH3 is 1. The van der Waals surface area contributed by atoms with E-state index in [4.69, 9.17) is 4.74 Å². The second-order valence-electron chi connectivity index (χ2n) is 6.83. The summed E-state index contributed by atoms with van der Waals surface area (Å²) in [4.78, 5) is 40.4. The van der Waals surface area contributed by atoms with Crippen molar-refractivity contribution in [2.45, 2.75) is 32.2 Å². The van der Waals surface area contributed by atoms with Gasteiger partial charge in [-0.15, -0.1) is 0 Å². The van der Waals surface area contributed by atoms with E-state index < -0.39 is 6.04 Å². The number of nitrogens with one attached hydrogen (secondary N) is 1. The van der Waals surface area contributed by atoms with Gasteiger partial charge in [-0.25, -0.2) is 0 Å². The van der Waals surface area contributed by atoms with Crippen LogP contribution in [-0.2, 0) is 9.59 Å². The van der Waals surface area contributed by atoms with Crippen LogP contribution < -0.4 is 10.1 Å². The summed E-state index contributed by atoms with van der Waals surface area (Å²) in [6, 6.07) is 5.14. The predicted octanol–water partition coefficient (Wildman–Crippen LogP) is 0.957. The molecule has 1 aromatic rings. The minimum Gasteiger partial charge on any atom is -0.496 e. The van der Waals surface area contributed by atoms with E-state index in [1.165, 1.54) is 0 Å². The molecule has 2 saturated heterocycles. The van der Waals surface area contributed by atoms with Crippen LogP contribution in [0, 0.1) is 6.92 Å². The van der Waals surface area contributed by atoms with Gasteiger partial charge in [0.25, 0.3) is 5.91 Å². The van der Waals surface area contributed by atoms with E-state index >= 15 is 0 Å². The lowest BCUT2D eigenvalue weighted by atomic mass is 10.1. The van der Waals surface area contributed by atoms with E-state index in [1.54, 1.807) is 23.0 Å². The van der Waals surface area contributed by atoms with E-state index in [1.807, 2.05) is 19.1 Å². The molecule has 3 amide bonds. The van der Waals surface area contributed by atoms with Crippen molar-refractivity contribution in [3.05, 3.63) is 29.3 Å². The Balaban J connectivity index is 1.67. The molecule has 1 aromatic carbocycles. The number of aryl methyl sites for hydroxylation is 1. The van der Waals surface area contributed by atoms with Crippen LogP contribution in [0.4, 0.5) is 0 Å². The highest BCUT2D eigenvalue weighted by Crippen LogP contribution is 2.22. The zero-order valence-electron chi connectivity index (χ0n) is 15.3. The van der Waals surface area contributed by atoms with Crippen molar-refractivity contribution in [1.82, 2.24) is 15.1 Å². The highest BCUT2D eigenvalue weighted by atomic mass is 16.5. The number of ether oxygens (including phenoxy) is 1. The molecule has 7 nitrogen and oxygen atoms in total. The molecule has 3 rings (SSSR count). The fourth-order valence-electron chi connectivity index (χ4n) is 3.52. The van der Waals surface area contributed by atoms with E-state index in [2.05, 4.69) is 5.32 Å². The molecule has 0 spiro atoms. The molecule has 1 atom stereocenters. The van der Waals surface area contributed by atoms with Crippen molar-refractivity contribution < 1.29 is 19.1 Å². The van der Waals surface area contributed by atoms with Crippen molar-refractivity contribution >= 4 is 17.7 Å². The number of rotatable bonds is 3. The first kappa shape index (κ1) is 18.2. The van der Waals surface area contributed by atoms with Crippen molar-refractivity contribution in [2.75, 3.05) is 33.3 Å². The van der Waals surface area contributed by atoms with Gasteiger partial charge in [-0.05, 0) is 31.9 Å². The van der Waals surface area contributed by atoms with Gasteiger partial charge >= 0.3 is 0 Å². The van der Waals surface area contributed by atoms with Crippen molar-refractivity contribution in [2.24, 2.45) is 0 Å². The molecular weight excluding hydrogens is 334 g/mol. The molecule has 0 bridgehead atoms. The maximum absolute atomic E-state index is 12.9. The third-order valence-corrected chi connectivity index (χ3v) is 4.97. The van der Waals surface area contributed by atoms with Gasteiger partial charge in [-0.1, -0.05) is 11.6 Å². The highest BCUT2D eigenvalue weighted by molar-refractivity contribution is 5.97. The molecular formula is C19H25N3O4. The number of carbonyl (C=O) groups is 3. The molecule has 140 valence electrons. The third kappa shape index (κ3) is 3.81. The molecule has 2 heterocycles. The Kier molecular flexibility index (Phi) is 5.44. The normalized spacial score (nSPS) is 20.5. The molecule has 7 heteroatoms. The molecule has 2 fully saturated rings. The smallest absolute Gasteiger partial charge is 0.257 e. The van der Waals surface area contributed by atoms with Crippen molar-refractivity contribution in [1.29, 1.82) is 0 Å². The molecule has 2 aliphatic heterocycles. The number of benzene rings is 1. The van der Waals surface area contributed by atoms with Gasteiger partial charge < -0.3 is 19.9 Å². The van der Waals surface area contributed by atoms with Gasteiger partial charge in [-0.3, -0.25) is 14.4 Å². The van der Waals surface area contributed by atoms with Gasteiger partial charge in [0.15, 0.2) is 0 Å². The number of amides is 3. The summed E-state index contributed by atoms with van der Waals surface area (Å²) in [5.74, 6) is 0.375. The monoisotopic (exact) mass is 359 g/mol. The zero-order valence-corrected chi connectivity index (χ0v) is 15.3. The molecule has 2 aliphatic rings. The minimum atomic E-state index is -0.415. The summed E-state index contributed by atoms with van der Waals surface area (Å²) in [7, 11) is 1.56. The van der Waals surface area contributed by atoms with Crippen LogP contribution in [-0.4, -0.2) is 66.9 Å². The van der Waals surface area contributed by atoms with Crippen molar-refractivity contribution in [3.8, 4) is 5.75 Å². The summed E-state index contributed by atoms with van der Waals surface area (Å²) >= 11 is 0. The van der Waals surface area contributed by atoms with Gasteiger partial charge in [0.1, 0.15) is 11.8 Å². The van der Waals surface area contributed by atoms with Crippen LogP contribution in [0.3, 0.4) is 0 Å². The lowest BCUT2D eigenvalue weighted by molar-refractivity contribution is -0.134. The Morgan fingerprint density at radius 3 is 2.58 bits per heavy atom. The number of hydrogen-bond donors (Lipinski definition) is 1. The van der Waals surface area contributed by atoms with Gasteiger partial charge in [-0.2, -0.15) is 0 Å². The third-order valence-electron chi connectivity index (χ3n) is 4.97. The summed E-state index contributed by atoms with van der Waals surface area (Å²) in [6.07, 6.45) is 1.67. The lowest BCUT2D eigenvalue weighted by Crippen LogP contribution is -2.46. The number of nitrogens with zero attached hydrogens (tertiary/aromatic N) is 2. The minimum absolute atomic E-state index is 0.0433. The van der Waals surface area contributed by atoms with Crippen LogP contribution >= 0.6 is 0 Å². The molecule has 1 N–H and O–H groups in total. The maximum atomic E-state index is 12.9.